The van der Waals surface area contributed by atoms with E-state index in [9.17, 15) is 119 Å². The van der Waals surface area contributed by atoms with Crippen molar-refractivity contribution in [3.8, 4) is 5.75 Å². The van der Waals surface area contributed by atoms with Crippen molar-refractivity contribution in [2.75, 3.05) is 18.1 Å². The molecule has 1 N–H and O–H groups in total. The minimum absolute atomic E-state index is 0.0173. The van der Waals surface area contributed by atoms with Crippen molar-refractivity contribution in [1.29, 1.82) is 0 Å². The zero-order valence-corrected chi connectivity index (χ0v) is 33.0. The smallest absolute Gasteiger partial charge is 0.410 e. The molecule has 1 rings (SSSR count). The first kappa shape index (κ1) is 58.4. The first-order valence-corrected chi connectivity index (χ1v) is 19.4. The fourth-order valence-corrected chi connectivity index (χ4v) is 6.75. The summed E-state index contributed by atoms with van der Waals surface area (Å²) in [5, 5.41) is 2.27. The average molecular weight is 1020 g/mol. The average Bonchev–Trinajstić information content (AvgIpc) is 3.11. The molecule has 3 nitrogen and oxygen atoms in total. The van der Waals surface area contributed by atoms with E-state index in [-0.39, 0.29) is 41.2 Å². The van der Waals surface area contributed by atoms with E-state index in [4.69, 9.17) is 4.74 Å². The van der Waals surface area contributed by atoms with Gasteiger partial charge in [0.15, 0.2) is 0 Å². The number of carbonyl (C=O) groups excluding carboxylic acids is 1. The molecule has 0 aliphatic rings. The molecule has 31 heteroatoms. The van der Waals surface area contributed by atoms with Crippen LogP contribution in [0.3, 0.4) is 0 Å². The number of unbranched alkanes of at least 4 members (excludes halogenated alkanes) is 3. The van der Waals surface area contributed by atoms with Gasteiger partial charge in [-0.2, -0.15) is 138 Å². The zero-order valence-electron chi connectivity index (χ0n) is 31.4. The van der Waals surface area contributed by atoms with Crippen LogP contribution in [0.5, 0.6) is 5.75 Å². The number of rotatable bonds is 24. The standard InChI is InChI=1S/C32H31F26NO2S2/c1-3-4-5-6-9-59-20(60)61-19-16(2)12-17(14-62-10-7-21(33,34)23(37,38)25(41,42)27(45,46)29(49,50)31(53,54)55)13-18(19)15-63-11-8-22(35,36)24(39,40)26(43,44)28(47,48)30(51,52)32(56,57)58/h12-13H,3-11,14-15H2,1-2H3,(H,59,60). The molecule has 0 fully saturated rings. The van der Waals surface area contributed by atoms with Crippen LogP contribution in [0, 0.1) is 6.92 Å². The molecule has 0 radical (unpaired) electrons. The topological polar surface area (TPSA) is 38.3 Å². The third-order valence-corrected chi connectivity index (χ3v) is 10.6. The van der Waals surface area contributed by atoms with Gasteiger partial charge >= 0.3 is 77.7 Å². The zero-order chi connectivity index (χ0) is 49.9. The van der Waals surface area contributed by atoms with Crippen LogP contribution in [0.1, 0.15) is 62.1 Å². The molecule has 0 atom stereocenters. The second-order valence-corrected chi connectivity index (χ2v) is 15.6. The fourth-order valence-electron chi connectivity index (χ4n) is 4.83. The van der Waals surface area contributed by atoms with Crippen molar-refractivity contribution >= 4 is 29.6 Å². The Kier molecular flexibility index (Phi) is 18.2. The number of ether oxygens (including phenoxy) is 1. The van der Waals surface area contributed by atoms with Crippen LogP contribution in [-0.4, -0.2) is 95.7 Å². The number of halogens is 26. The quantitative estimate of drug-likeness (QED) is 0.0827. The van der Waals surface area contributed by atoms with Gasteiger partial charge in [-0.05, 0) is 36.0 Å². The van der Waals surface area contributed by atoms with Gasteiger partial charge < -0.3 is 10.1 Å². The van der Waals surface area contributed by atoms with Crippen LogP contribution in [-0.2, 0) is 11.5 Å². The van der Waals surface area contributed by atoms with Crippen molar-refractivity contribution in [3.63, 3.8) is 0 Å². The van der Waals surface area contributed by atoms with E-state index in [1.54, 1.807) is 0 Å². The Morgan fingerprint density at radius 1 is 0.524 bits per heavy atom. The minimum Gasteiger partial charge on any atom is -0.410 e. The molecule has 0 aliphatic heterocycles. The predicted octanol–water partition coefficient (Wildman–Crippen LogP) is 14.4. The third-order valence-electron chi connectivity index (χ3n) is 8.55. The molecule has 0 aromatic heterocycles. The Hall–Kier alpha value is -2.63. The van der Waals surface area contributed by atoms with Gasteiger partial charge in [-0.25, -0.2) is 4.79 Å². The van der Waals surface area contributed by atoms with Gasteiger partial charge in [0.25, 0.3) is 0 Å². The van der Waals surface area contributed by atoms with Crippen LogP contribution in [0.2, 0.25) is 0 Å². The molecular formula is C32H31F26NO2S2. The minimum atomic E-state index is -8.15. The maximum atomic E-state index is 14.3. The molecule has 0 aliphatic carbocycles. The van der Waals surface area contributed by atoms with Gasteiger partial charge in [-0.1, -0.05) is 38.3 Å². The number of hydrogen-bond acceptors (Lipinski definition) is 4. The Bertz CT molecular complexity index is 1680. The van der Waals surface area contributed by atoms with Gasteiger partial charge in [0.05, 0.1) is 0 Å². The largest absolute Gasteiger partial charge is 0.460 e. The van der Waals surface area contributed by atoms with Crippen LogP contribution >= 0.6 is 23.5 Å². The number of thioether (sulfide) groups is 2. The van der Waals surface area contributed by atoms with E-state index in [2.05, 4.69) is 5.32 Å². The van der Waals surface area contributed by atoms with Gasteiger partial charge in [0.1, 0.15) is 5.75 Å². The van der Waals surface area contributed by atoms with Crippen molar-refractivity contribution in [2.24, 2.45) is 0 Å². The second-order valence-electron chi connectivity index (χ2n) is 13.4. The lowest BCUT2D eigenvalue weighted by Gasteiger charge is -2.39. The van der Waals surface area contributed by atoms with Crippen LogP contribution in [0.15, 0.2) is 12.1 Å². The summed E-state index contributed by atoms with van der Waals surface area (Å²) >= 11 is 0.00798. The van der Waals surface area contributed by atoms with Crippen molar-refractivity contribution in [1.82, 2.24) is 5.32 Å². The molecule has 0 heterocycles. The molecule has 1 aromatic carbocycles. The predicted molar refractivity (Wildman–Crippen MR) is 172 cm³/mol. The lowest BCUT2D eigenvalue weighted by atomic mass is 9.93. The van der Waals surface area contributed by atoms with Crippen molar-refractivity contribution in [3.05, 3.63) is 28.8 Å². The summed E-state index contributed by atoms with van der Waals surface area (Å²) in [4.78, 5) is 12.4. The number of carbonyl (C=O) groups is 1. The van der Waals surface area contributed by atoms with E-state index in [0.717, 1.165) is 31.9 Å². The van der Waals surface area contributed by atoms with E-state index in [1.807, 2.05) is 6.92 Å². The van der Waals surface area contributed by atoms with Gasteiger partial charge in [-0.3, -0.25) is 0 Å². The highest BCUT2D eigenvalue weighted by atomic mass is 32.2. The number of benzene rings is 1. The molecule has 0 bridgehead atoms. The van der Waals surface area contributed by atoms with Gasteiger partial charge in [0, 0.05) is 36.5 Å². The highest BCUT2D eigenvalue weighted by Crippen LogP contribution is 2.62. The number of hydrogen-bond donors (Lipinski definition) is 1. The van der Waals surface area contributed by atoms with E-state index in [1.165, 1.54) is 0 Å². The lowest BCUT2D eigenvalue weighted by Crippen LogP contribution is -2.70. The first-order valence-electron chi connectivity index (χ1n) is 17.1. The summed E-state index contributed by atoms with van der Waals surface area (Å²) in [7, 11) is 0. The molecule has 0 unspecified atom stereocenters. The summed E-state index contributed by atoms with van der Waals surface area (Å²) in [5.74, 6) is -81.5. The van der Waals surface area contributed by atoms with E-state index >= 15 is 0 Å². The highest BCUT2D eigenvalue weighted by Gasteiger charge is 2.92. The second kappa shape index (κ2) is 19.7. The number of amides is 1. The lowest BCUT2D eigenvalue weighted by molar-refractivity contribution is -0.439. The summed E-state index contributed by atoms with van der Waals surface area (Å²) in [6.07, 6.45) is -19.3. The molecule has 63 heavy (non-hydrogen) atoms. The number of alkyl halides is 26. The maximum absolute atomic E-state index is 14.3. The molecule has 0 saturated heterocycles. The van der Waals surface area contributed by atoms with Gasteiger partial charge in [-0.15, -0.1) is 0 Å². The molecule has 0 saturated carbocycles. The summed E-state index contributed by atoms with van der Waals surface area (Å²) < 4.78 is 355. The molecule has 1 aromatic rings. The summed E-state index contributed by atoms with van der Waals surface area (Å²) in [6.45, 7) is 2.91. The van der Waals surface area contributed by atoms with Crippen LogP contribution in [0.4, 0.5) is 119 Å². The maximum Gasteiger partial charge on any atom is 0.460 e. The van der Waals surface area contributed by atoms with E-state index in [0.29, 0.717) is 12.8 Å². The Morgan fingerprint density at radius 3 is 1.29 bits per heavy atom. The first-order chi connectivity index (χ1) is 27.9. The SMILES string of the molecule is CCCCCCNC(=O)Oc1c(C)cc(CSCCC(F)(F)C(F)(F)C(F)(F)C(F)(F)C(F)(F)C(F)(F)F)cc1CSCCC(F)(F)C(F)(F)C(F)(F)C(F)(F)C(F)(F)C(F)(F)F. The number of nitrogens with one attached hydrogen (secondary N) is 1. The Labute approximate surface area is 346 Å². The molecule has 1 amide bonds. The number of aryl methyl sites for hydroxylation is 1. The normalized spacial score (nSPS) is 14.9. The Morgan fingerprint density at radius 2 is 0.905 bits per heavy atom. The van der Waals surface area contributed by atoms with Crippen LogP contribution < -0.4 is 10.1 Å². The van der Waals surface area contributed by atoms with Crippen molar-refractivity contribution in [2.45, 2.75) is 135 Å². The van der Waals surface area contributed by atoms with Gasteiger partial charge in [0.2, 0.25) is 0 Å². The highest BCUT2D eigenvalue weighted by molar-refractivity contribution is 7.98. The summed E-state index contributed by atoms with van der Waals surface area (Å²) in [6, 6.07) is 1.84. The molecular weight excluding hydrogens is 988 g/mol. The Balaban J connectivity index is 3.36. The fraction of sp³-hybridized carbons (Fsp3) is 0.781. The summed E-state index contributed by atoms with van der Waals surface area (Å²) in [5.41, 5.74) is -0.808. The van der Waals surface area contributed by atoms with Crippen LogP contribution in [0.25, 0.3) is 0 Å². The monoisotopic (exact) mass is 1020 g/mol. The molecule has 370 valence electrons. The third kappa shape index (κ3) is 11.5. The molecule has 0 spiro atoms. The van der Waals surface area contributed by atoms with Crippen molar-refractivity contribution < 1.29 is 124 Å². The van der Waals surface area contributed by atoms with E-state index < -0.39 is 125 Å².